The van der Waals surface area contributed by atoms with Crippen LogP contribution in [-0.2, 0) is 13.0 Å². The van der Waals surface area contributed by atoms with Crippen LogP contribution in [0.5, 0.6) is 0 Å². The second kappa shape index (κ2) is 12.8. The Morgan fingerprint density at radius 1 is 1.02 bits per heavy atom. The Kier molecular flexibility index (Phi) is 8.49. The number of carbonyl (C=O) groups excluding carboxylic acids is 1. The van der Waals surface area contributed by atoms with Crippen LogP contribution in [0.2, 0.25) is 0 Å². The van der Waals surface area contributed by atoms with Crippen molar-refractivity contribution in [2.75, 3.05) is 11.4 Å². The molecule has 5 aromatic rings. The van der Waals surface area contributed by atoms with Crippen LogP contribution < -0.4 is 10.2 Å². The summed E-state index contributed by atoms with van der Waals surface area (Å²) in [4.78, 5) is 20.4. The zero-order valence-electron chi connectivity index (χ0n) is 25.3. The number of hydrogen-bond donors (Lipinski definition) is 2. The molecule has 9 heteroatoms. The van der Waals surface area contributed by atoms with Crippen molar-refractivity contribution < 1.29 is 4.79 Å². The lowest BCUT2D eigenvalue weighted by Gasteiger charge is -2.28. The van der Waals surface area contributed by atoms with E-state index < -0.39 is 0 Å². The van der Waals surface area contributed by atoms with Gasteiger partial charge in [-0.15, -0.1) is 5.10 Å². The number of nitrogens with zero attached hydrogens (tertiary/aromatic N) is 6. The summed E-state index contributed by atoms with van der Waals surface area (Å²) >= 11 is 0. The van der Waals surface area contributed by atoms with E-state index in [1.165, 1.54) is 24.8 Å². The van der Waals surface area contributed by atoms with E-state index in [0.29, 0.717) is 18.9 Å². The van der Waals surface area contributed by atoms with Gasteiger partial charge in [-0.2, -0.15) is 0 Å². The summed E-state index contributed by atoms with van der Waals surface area (Å²) < 4.78 is 2.32. The number of imidazole rings is 1. The van der Waals surface area contributed by atoms with Crippen molar-refractivity contribution in [2.45, 2.75) is 78.3 Å². The largest absolute Gasteiger partial charge is 0.335 e. The van der Waals surface area contributed by atoms with Crippen LogP contribution in [0.3, 0.4) is 0 Å². The molecule has 1 saturated carbocycles. The molecule has 0 saturated heterocycles. The summed E-state index contributed by atoms with van der Waals surface area (Å²) in [7, 11) is 0. The molecule has 3 aromatic carbocycles. The minimum atomic E-state index is -0.00928. The molecule has 2 heterocycles. The highest BCUT2D eigenvalue weighted by Gasteiger charge is 2.22. The number of anilines is 1. The highest BCUT2D eigenvalue weighted by Crippen LogP contribution is 2.31. The fourth-order valence-corrected chi connectivity index (χ4v) is 6.30. The number of aromatic amines is 1. The van der Waals surface area contributed by atoms with Gasteiger partial charge in [0.05, 0.1) is 11.0 Å². The lowest BCUT2D eigenvalue weighted by atomic mass is 9.96. The number of rotatable bonds is 9. The average molecular weight is 577 g/mol. The number of H-pyrrole nitrogens is 1. The normalized spacial score (nSPS) is 13.8. The summed E-state index contributed by atoms with van der Waals surface area (Å²) in [6.07, 6.45) is 7.67. The predicted molar refractivity (Wildman–Crippen MR) is 171 cm³/mol. The average Bonchev–Trinajstić information content (AvgIpc) is 3.68. The SMILES string of the molecule is CCCc1nc2c(C)cc(N(CC)C(=O)NC3CCCCC3)cc2n1Cc1ccc(-c2ccccc2-c2nnn[nH]2)cc1. The smallest absolute Gasteiger partial charge is 0.322 e. The number of carbonyl (C=O) groups is 1. The number of aromatic nitrogens is 6. The fraction of sp³-hybridized carbons (Fsp3) is 0.382. The van der Waals surface area contributed by atoms with Gasteiger partial charge in [0.1, 0.15) is 5.82 Å². The van der Waals surface area contributed by atoms with Gasteiger partial charge in [-0.25, -0.2) is 14.9 Å². The Morgan fingerprint density at radius 2 is 1.79 bits per heavy atom. The molecule has 43 heavy (non-hydrogen) atoms. The standard InChI is InChI=1S/C34H40N8O/c1-4-11-31-36-32-23(3)20-27(41(5-2)34(43)35-26-12-7-6-8-13-26)21-30(32)42(31)22-24-16-18-25(19-17-24)28-14-9-10-15-29(28)33-37-39-40-38-33/h9-10,14-21,26H,4-8,11-13,22H2,1-3H3,(H,35,43)(H,37,38,39,40). The van der Waals surface area contributed by atoms with Gasteiger partial charge in [-0.05, 0) is 77.9 Å². The molecule has 2 N–H and O–H groups in total. The molecule has 0 spiro atoms. The maximum absolute atomic E-state index is 13.4. The zero-order valence-corrected chi connectivity index (χ0v) is 25.3. The molecular formula is C34H40N8O. The third-order valence-electron chi connectivity index (χ3n) is 8.52. The summed E-state index contributed by atoms with van der Waals surface area (Å²) in [6, 6.07) is 21.3. The van der Waals surface area contributed by atoms with Crippen LogP contribution in [0, 0.1) is 6.92 Å². The third kappa shape index (κ3) is 6.02. The fourth-order valence-electron chi connectivity index (χ4n) is 6.30. The van der Waals surface area contributed by atoms with Crippen molar-refractivity contribution >= 4 is 22.8 Å². The van der Waals surface area contributed by atoms with Gasteiger partial charge in [-0.3, -0.25) is 4.90 Å². The first kappa shape index (κ1) is 28.6. The number of nitrogens with one attached hydrogen (secondary N) is 2. The van der Waals surface area contributed by atoms with Crippen LogP contribution in [0.4, 0.5) is 10.5 Å². The molecule has 0 radical (unpaired) electrons. The van der Waals surface area contributed by atoms with Gasteiger partial charge >= 0.3 is 6.03 Å². The van der Waals surface area contributed by atoms with Crippen molar-refractivity contribution in [3.63, 3.8) is 0 Å². The zero-order chi connectivity index (χ0) is 29.8. The van der Waals surface area contributed by atoms with Crippen molar-refractivity contribution in [2.24, 2.45) is 0 Å². The molecule has 1 aliphatic carbocycles. The van der Waals surface area contributed by atoms with Crippen molar-refractivity contribution in [1.29, 1.82) is 0 Å². The third-order valence-corrected chi connectivity index (χ3v) is 8.52. The Labute approximate surface area is 252 Å². The molecule has 9 nitrogen and oxygen atoms in total. The number of urea groups is 1. The van der Waals surface area contributed by atoms with Crippen LogP contribution in [0.25, 0.3) is 33.5 Å². The van der Waals surface area contributed by atoms with E-state index in [2.05, 4.69) is 86.8 Å². The van der Waals surface area contributed by atoms with E-state index in [1.54, 1.807) is 0 Å². The van der Waals surface area contributed by atoms with Crippen molar-refractivity contribution in [3.8, 4) is 22.5 Å². The van der Waals surface area contributed by atoms with Gasteiger partial charge in [-0.1, -0.05) is 74.7 Å². The number of aryl methyl sites for hydroxylation is 2. The molecule has 6 rings (SSSR count). The van der Waals surface area contributed by atoms with Gasteiger partial charge in [0.2, 0.25) is 0 Å². The van der Waals surface area contributed by atoms with Gasteiger partial charge in [0.25, 0.3) is 0 Å². The second-order valence-electron chi connectivity index (χ2n) is 11.5. The van der Waals surface area contributed by atoms with Crippen molar-refractivity contribution in [1.82, 2.24) is 35.5 Å². The van der Waals surface area contributed by atoms with E-state index in [0.717, 1.165) is 70.5 Å². The minimum absolute atomic E-state index is 0.00928. The van der Waals surface area contributed by atoms with E-state index in [9.17, 15) is 4.79 Å². The van der Waals surface area contributed by atoms with E-state index in [4.69, 9.17) is 4.98 Å². The van der Waals surface area contributed by atoms with E-state index >= 15 is 0 Å². The first-order chi connectivity index (χ1) is 21.1. The highest BCUT2D eigenvalue weighted by atomic mass is 16.2. The van der Waals surface area contributed by atoms with Crippen LogP contribution in [0.15, 0.2) is 60.7 Å². The molecule has 0 bridgehead atoms. The molecule has 1 aliphatic rings. The Morgan fingerprint density at radius 3 is 2.49 bits per heavy atom. The topological polar surface area (TPSA) is 105 Å². The quantitative estimate of drug-likeness (QED) is 0.195. The Balaban J connectivity index is 1.31. The maximum atomic E-state index is 13.4. The number of benzene rings is 3. The highest BCUT2D eigenvalue weighted by molar-refractivity contribution is 5.95. The van der Waals surface area contributed by atoms with Crippen LogP contribution in [-0.4, -0.2) is 48.8 Å². The number of fused-ring (bicyclic) bond motifs is 1. The second-order valence-corrected chi connectivity index (χ2v) is 11.5. The monoisotopic (exact) mass is 576 g/mol. The molecular weight excluding hydrogens is 536 g/mol. The Bertz CT molecular complexity index is 1680. The van der Waals surface area contributed by atoms with Gasteiger partial charge < -0.3 is 9.88 Å². The number of tetrazole rings is 1. The molecule has 222 valence electrons. The first-order valence-corrected chi connectivity index (χ1v) is 15.6. The summed E-state index contributed by atoms with van der Waals surface area (Å²) in [5.74, 6) is 1.72. The molecule has 0 atom stereocenters. The maximum Gasteiger partial charge on any atom is 0.322 e. The summed E-state index contributed by atoms with van der Waals surface area (Å²) in [5.41, 5.74) is 8.38. The lowest BCUT2D eigenvalue weighted by molar-refractivity contribution is 0.238. The minimum Gasteiger partial charge on any atom is -0.335 e. The molecule has 2 amide bonds. The molecule has 0 unspecified atom stereocenters. The summed E-state index contributed by atoms with van der Waals surface area (Å²) in [5, 5.41) is 17.8. The molecule has 1 fully saturated rings. The molecule has 2 aromatic heterocycles. The van der Waals surface area contributed by atoms with Crippen LogP contribution >= 0.6 is 0 Å². The van der Waals surface area contributed by atoms with E-state index in [-0.39, 0.29) is 12.1 Å². The Hall–Kier alpha value is -4.53. The van der Waals surface area contributed by atoms with Crippen molar-refractivity contribution in [3.05, 3.63) is 77.6 Å². The van der Waals surface area contributed by atoms with E-state index in [1.807, 2.05) is 30.0 Å². The van der Waals surface area contributed by atoms with Gasteiger partial charge in [0, 0.05) is 36.8 Å². The first-order valence-electron chi connectivity index (χ1n) is 15.6. The number of hydrogen-bond acceptors (Lipinski definition) is 5. The predicted octanol–water partition coefficient (Wildman–Crippen LogP) is 7.06. The number of amides is 2. The summed E-state index contributed by atoms with van der Waals surface area (Å²) in [6.45, 7) is 7.63. The van der Waals surface area contributed by atoms with Crippen LogP contribution in [0.1, 0.15) is 69.3 Å². The molecule has 0 aliphatic heterocycles. The lowest BCUT2D eigenvalue weighted by Crippen LogP contribution is -2.45. The van der Waals surface area contributed by atoms with Gasteiger partial charge in [0.15, 0.2) is 5.82 Å².